The molecule has 1 aliphatic carbocycles. The summed E-state index contributed by atoms with van der Waals surface area (Å²) in [6, 6.07) is 12.3. The Hall–Kier alpha value is -2.10. The van der Waals surface area contributed by atoms with Gasteiger partial charge >= 0.3 is 0 Å². The van der Waals surface area contributed by atoms with Crippen LogP contribution in [0, 0.1) is 11.3 Å². The molecule has 0 spiro atoms. The fraction of sp³-hybridized carbons (Fsp3) is 0.636. The Kier molecular flexibility index (Phi) is 7.30. The lowest BCUT2D eigenvalue weighted by molar-refractivity contribution is -0.136. The first kappa shape index (κ1) is 20.6. The zero-order valence-corrected chi connectivity index (χ0v) is 17.0. The predicted molar refractivity (Wildman–Crippen MR) is 109 cm³/mol. The monoisotopic (exact) mass is 384 g/mol. The van der Waals surface area contributed by atoms with Gasteiger partial charge in [-0.15, -0.1) is 0 Å². The maximum Gasteiger partial charge on any atom is 0.237 e. The molecular weight excluding hydrogens is 352 g/mol. The van der Waals surface area contributed by atoms with Crippen molar-refractivity contribution >= 4 is 5.91 Å². The number of benzene rings is 1. The highest BCUT2D eigenvalue weighted by Gasteiger charge is 2.39. The Morgan fingerprint density at radius 1 is 1.11 bits per heavy atom. The molecule has 6 heteroatoms. The van der Waals surface area contributed by atoms with Crippen molar-refractivity contribution < 1.29 is 9.53 Å². The SMILES string of the molecule is CN(C(=O)CN1CCN(CCOc2ccccc2)CC1)C1(C#N)CCCCC1. The van der Waals surface area contributed by atoms with E-state index < -0.39 is 5.54 Å². The molecule has 0 atom stereocenters. The number of hydrogen-bond donors (Lipinski definition) is 0. The molecule has 1 amide bonds. The second kappa shape index (κ2) is 9.90. The lowest BCUT2D eigenvalue weighted by atomic mass is 9.81. The van der Waals surface area contributed by atoms with Crippen molar-refractivity contribution in [1.29, 1.82) is 5.26 Å². The average Bonchev–Trinajstić information content (AvgIpc) is 2.75. The van der Waals surface area contributed by atoms with Crippen LogP contribution in [0.15, 0.2) is 30.3 Å². The second-order valence-electron chi connectivity index (χ2n) is 7.94. The lowest BCUT2D eigenvalue weighted by Gasteiger charge is -2.41. The van der Waals surface area contributed by atoms with Crippen LogP contribution in [0.3, 0.4) is 0 Å². The zero-order chi connectivity index (χ0) is 19.8. The van der Waals surface area contributed by atoms with Gasteiger partial charge in [-0.2, -0.15) is 5.26 Å². The van der Waals surface area contributed by atoms with Crippen molar-refractivity contribution in [2.75, 3.05) is 52.9 Å². The number of rotatable bonds is 7. The van der Waals surface area contributed by atoms with Crippen LogP contribution >= 0.6 is 0 Å². The highest BCUT2D eigenvalue weighted by Crippen LogP contribution is 2.32. The van der Waals surface area contributed by atoms with E-state index in [9.17, 15) is 10.1 Å². The molecule has 1 aromatic rings. The second-order valence-corrected chi connectivity index (χ2v) is 7.94. The first-order valence-electron chi connectivity index (χ1n) is 10.4. The van der Waals surface area contributed by atoms with Gasteiger partial charge in [0.2, 0.25) is 5.91 Å². The molecule has 6 nitrogen and oxygen atoms in total. The van der Waals surface area contributed by atoms with Crippen LogP contribution in [0.4, 0.5) is 0 Å². The molecule has 1 heterocycles. The molecule has 0 radical (unpaired) electrons. The smallest absolute Gasteiger partial charge is 0.237 e. The van der Waals surface area contributed by atoms with Crippen LogP contribution in [0.5, 0.6) is 5.75 Å². The Balaban J connectivity index is 1.39. The fourth-order valence-electron chi connectivity index (χ4n) is 4.18. The van der Waals surface area contributed by atoms with Crippen LogP contribution < -0.4 is 4.74 Å². The topological polar surface area (TPSA) is 59.8 Å². The van der Waals surface area contributed by atoms with Gasteiger partial charge < -0.3 is 9.64 Å². The predicted octanol–water partition coefficient (Wildman–Crippen LogP) is 2.37. The third-order valence-corrected chi connectivity index (χ3v) is 6.15. The average molecular weight is 385 g/mol. The fourth-order valence-corrected chi connectivity index (χ4v) is 4.18. The summed E-state index contributed by atoms with van der Waals surface area (Å²) >= 11 is 0. The van der Waals surface area contributed by atoms with Crippen molar-refractivity contribution in [1.82, 2.24) is 14.7 Å². The van der Waals surface area contributed by atoms with Gasteiger partial charge in [0.25, 0.3) is 0 Å². The van der Waals surface area contributed by atoms with E-state index in [1.807, 2.05) is 37.4 Å². The standard InChI is InChI=1S/C22H32N4O2/c1-24(22(19-23)10-6-3-7-11-22)21(27)18-26-14-12-25(13-15-26)16-17-28-20-8-4-2-5-9-20/h2,4-5,8-9H,3,6-7,10-18H2,1H3. The van der Waals surface area contributed by atoms with E-state index in [0.29, 0.717) is 13.2 Å². The van der Waals surface area contributed by atoms with Crippen molar-refractivity contribution in [3.63, 3.8) is 0 Å². The molecule has 0 bridgehead atoms. The number of carbonyl (C=O) groups excluding carboxylic acids is 1. The van der Waals surface area contributed by atoms with Crippen LogP contribution in [-0.4, -0.2) is 79.1 Å². The highest BCUT2D eigenvalue weighted by atomic mass is 16.5. The van der Waals surface area contributed by atoms with Gasteiger partial charge in [-0.3, -0.25) is 14.6 Å². The number of nitrogens with zero attached hydrogens (tertiary/aromatic N) is 4. The van der Waals surface area contributed by atoms with Gasteiger partial charge in [-0.1, -0.05) is 37.5 Å². The molecule has 0 N–H and O–H groups in total. The maximum atomic E-state index is 12.8. The molecule has 28 heavy (non-hydrogen) atoms. The van der Waals surface area contributed by atoms with Gasteiger partial charge in [-0.25, -0.2) is 0 Å². The number of ether oxygens (including phenoxy) is 1. The molecule has 3 rings (SSSR count). The number of carbonyl (C=O) groups is 1. The van der Waals surface area contributed by atoms with Gasteiger partial charge in [0.05, 0.1) is 12.6 Å². The number of hydrogen-bond acceptors (Lipinski definition) is 5. The molecule has 0 aromatic heterocycles. The van der Waals surface area contributed by atoms with E-state index in [1.54, 1.807) is 4.90 Å². The van der Waals surface area contributed by atoms with E-state index >= 15 is 0 Å². The molecule has 152 valence electrons. The van der Waals surface area contributed by atoms with Crippen molar-refractivity contribution in [2.45, 2.75) is 37.6 Å². The summed E-state index contributed by atoms with van der Waals surface area (Å²) in [5.74, 6) is 0.980. The Morgan fingerprint density at radius 3 is 2.39 bits per heavy atom. The number of para-hydroxylation sites is 1. The summed E-state index contributed by atoms with van der Waals surface area (Å²) in [4.78, 5) is 19.1. The Labute approximate surface area is 168 Å². The summed E-state index contributed by atoms with van der Waals surface area (Å²) in [6.07, 6.45) is 4.85. The first-order chi connectivity index (χ1) is 13.6. The Bertz CT molecular complexity index is 659. The Morgan fingerprint density at radius 2 is 1.75 bits per heavy atom. The summed E-state index contributed by atoms with van der Waals surface area (Å²) in [6.45, 7) is 5.63. The van der Waals surface area contributed by atoms with Crippen molar-refractivity contribution in [2.24, 2.45) is 0 Å². The minimum Gasteiger partial charge on any atom is -0.492 e. The molecule has 0 unspecified atom stereocenters. The van der Waals surface area contributed by atoms with Gasteiger partial charge in [0.15, 0.2) is 0 Å². The van der Waals surface area contributed by atoms with E-state index in [1.165, 1.54) is 6.42 Å². The number of nitriles is 1. The van der Waals surface area contributed by atoms with Crippen LogP contribution in [0.25, 0.3) is 0 Å². The van der Waals surface area contributed by atoms with Crippen molar-refractivity contribution in [3.8, 4) is 11.8 Å². The van der Waals surface area contributed by atoms with E-state index in [0.717, 1.165) is 64.2 Å². The molecule has 1 saturated heterocycles. The number of amides is 1. The highest BCUT2D eigenvalue weighted by molar-refractivity contribution is 5.79. The molecule has 1 saturated carbocycles. The van der Waals surface area contributed by atoms with Crippen LogP contribution in [0.1, 0.15) is 32.1 Å². The summed E-state index contributed by atoms with van der Waals surface area (Å²) in [7, 11) is 1.81. The summed E-state index contributed by atoms with van der Waals surface area (Å²) < 4.78 is 5.78. The molecule has 1 aliphatic heterocycles. The largest absolute Gasteiger partial charge is 0.492 e. The maximum absolute atomic E-state index is 12.8. The van der Waals surface area contributed by atoms with E-state index in [4.69, 9.17) is 4.74 Å². The van der Waals surface area contributed by atoms with Gasteiger partial charge in [0.1, 0.15) is 17.9 Å². The number of piperazine rings is 1. The number of likely N-dealkylation sites (N-methyl/N-ethyl adjacent to an activating group) is 1. The molecule has 2 fully saturated rings. The summed E-state index contributed by atoms with van der Waals surface area (Å²) in [5, 5.41) is 9.69. The normalized spacial score (nSPS) is 20.3. The third-order valence-electron chi connectivity index (χ3n) is 6.15. The molecule has 1 aromatic carbocycles. The lowest BCUT2D eigenvalue weighted by Crippen LogP contribution is -2.55. The van der Waals surface area contributed by atoms with Gasteiger partial charge in [0, 0.05) is 39.8 Å². The summed E-state index contributed by atoms with van der Waals surface area (Å²) in [5.41, 5.74) is -0.591. The van der Waals surface area contributed by atoms with E-state index in [2.05, 4.69) is 15.9 Å². The van der Waals surface area contributed by atoms with E-state index in [-0.39, 0.29) is 5.91 Å². The minimum absolute atomic E-state index is 0.0734. The van der Waals surface area contributed by atoms with Crippen molar-refractivity contribution in [3.05, 3.63) is 30.3 Å². The zero-order valence-electron chi connectivity index (χ0n) is 17.0. The van der Waals surface area contributed by atoms with Gasteiger partial charge in [-0.05, 0) is 25.0 Å². The molecular formula is C22H32N4O2. The third kappa shape index (κ3) is 5.24. The van der Waals surface area contributed by atoms with Crippen LogP contribution in [-0.2, 0) is 4.79 Å². The first-order valence-corrected chi connectivity index (χ1v) is 10.4. The quantitative estimate of drug-likeness (QED) is 0.722. The minimum atomic E-state index is -0.591. The molecule has 2 aliphatic rings. The van der Waals surface area contributed by atoms with Crippen LogP contribution in [0.2, 0.25) is 0 Å².